The zero-order chi connectivity index (χ0) is 23.8. The zero-order valence-electron chi connectivity index (χ0n) is 18.1. The number of aromatic nitrogens is 2. The first kappa shape index (κ1) is 25.6. The van der Waals surface area contributed by atoms with E-state index in [9.17, 15) is 22.0 Å². The molecule has 0 aliphatic rings. The summed E-state index contributed by atoms with van der Waals surface area (Å²) in [7, 11) is -3.92. The number of halogens is 3. The highest BCUT2D eigenvalue weighted by molar-refractivity contribution is 14.1. The average molecular weight is 573 g/mol. The summed E-state index contributed by atoms with van der Waals surface area (Å²) in [5.41, 5.74) is -0.481. The number of fused-ring (bicyclic) bond motifs is 1. The van der Waals surface area contributed by atoms with Crippen molar-refractivity contribution in [1.82, 2.24) is 14.7 Å². The molecule has 2 rings (SSSR count). The molecule has 174 valence electrons. The van der Waals surface area contributed by atoms with Gasteiger partial charge in [0, 0.05) is 12.3 Å². The van der Waals surface area contributed by atoms with E-state index in [0.29, 0.717) is 9.35 Å². The van der Waals surface area contributed by atoms with Gasteiger partial charge >= 0.3 is 6.09 Å². The maximum absolute atomic E-state index is 14.3. The second-order valence-electron chi connectivity index (χ2n) is 8.93. The molecule has 31 heavy (non-hydrogen) atoms. The van der Waals surface area contributed by atoms with Crippen LogP contribution in [0.3, 0.4) is 0 Å². The van der Waals surface area contributed by atoms with E-state index in [4.69, 9.17) is 9.47 Å². The Hall–Kier alpha value is -1.70. The molecule has 2 aromatic rings. The van der Waals surface area contributed by atoms with Crippen LogP contribution in [0.5, 0.6) is 5.75 Å². The molecule has 1 amide bonds. The highest BCUT2D eigenvalue weighted by Crippen LogP contribution is 2.34. The fraction of sp³-hybridized carbons (Fsp3) is 0.579. The third-order valence-corrected chi connectivity index (χ3v) is 7.25. The van der Waals surface area contributed by atoms with Gasteiger partial charge in [-0.05, 0) is 64.1 Å². The predicted octanol–water partition coefficient (Wildman–Crippen LogP) is 4.05. The fourth-order valence-corrected chi connectivity index (χ4v) is 4.16. The van der Waals surface area contributed by atoms with E-state index in [1.54, 1.807) is 20.8 Å². The van der Waals surface area contributed by atoms with Gasteiger partial charge in [-0.25, -0.2) is 27.0 Å². The van der Waals surface area contributed by atoms with Gasteiger partial charge < -0.3 is 14.8 Å². The molecule has 12 heteroatoms. The van der Waals surface area contributed by atoms with E-state index in [1.807, 2.05) is 27.9 Å². The Morgan fingerprint density at radius 3 is 2.39 bits per heavy atom. The number of rotatable bonds is 6. The molecule has 2 aromatic heterocycles. The Morgan fingerprint density at radius 2 is 1.84 bits per heavy atom. The van der Waals surface area contributed by atoms with Crippen molar-refractivity contribution >= 4 is 44.2 Å². The standard InChI is InChI=1S/C19H26F2IN3O5S/c1-17(2,3)30-16(26)24-10-19(20,21)11-29-12-7-15-23-8-14(22)25(15)9-13(12)31(27,28)18(4,5)6/h7-9H,10-11H2,1-6H3,(H,24,26). The number of imidazole rings is 1. The number of ether oxygens (including phenoxy) is 2. The molecule has 8 nitrogen and oxygen atoms in total. The van der Waals surface area contributed by atoms with Gasteiger partial charge in [-0.15, -0.1) is 0 Å². The molecule has 1 N–H and O–H groups in total. The first-order chi connectivity index (χ1) is 13.9. The minimum Gasteiger partial charge on any atom is -0.486 e. The third-order valence-electron chi connectivity index (χ3n) is 3.95. The van der Waals surface area contributed by atoms with Crippen molar-refractivity contribution in [2.75, 3.05) is 13.2 Å². The van der Waals surface area contributed by atoms with E-state index in [1.165, 1.54) is 43.6 Å². The Kier molecular flexibility index (Phi) is 7.16. The molecule has 0 saturated heterocycles. The van der Waals surface area contributed by atoms with Gasteiger partial charge in [-0.2, -0.15) is 0 Å². The van der Waals surface area contributed by atoms with Gasteiger partial charge in [0.25, 0.3) is 5.92 Å². The summed E-state index contributed by atoms with van der Waals surface area (Å²) >= 11 is 1.98. The molecule has 0 aromatic carbocycles. The lowest BCUT2D eigenvalue weighted by atomic mass is 10.2. The maximum Gasteiger partial charge on any atom is 0.407 e. The number of carbonyl (C=O) groups is 1. The molecule has 0 unspecified atom stereocenters. The third kappa shape index (κ3) is 6.40. The zero-order valence-corrected chi connectivity index (χ0v) is 21.1. The molecule has 0 bridgehead atoms. The number of carbonyl (C=O) groups excluding carboxylic acids is 1. The number of sulfone groups is 1. The van der Waals surface area contributed by atoms with Crippen molar-refractivity contribution in [3.8, 4) is 5.75 Å². The Bertz CT molecular complexity index is 1070. The quantitative estimate of drug-likeness (QED) is 0.524. The summed E-state index contributed by atoms with van der Waals surface area (Å²) in [4.78, 5) is 15.5. The number of nitrogens with one attached hydrogen (secondary N) is 1. The molecule has 2 heterocycles. The monoisotopic (exact) mass is 573 g/mol. The molecule has 0 aliphatic carbocycles. The smallest absolute Gasteiger partial charge is 0.407 e. The molecule has 0 atom stereocenters. The average Bonchev–Trinajstić information content (AvgIpc) is 2.95. The number of hydrogen-bond acceptors (Lipinski definition) is 6. The van der Waals surface area contributed by atoms with Crippen LogP contribution in [-0.2, 0) is 14.6 Å². The SMILES string of the molecule is CC(C)(C)OC(=O)NCC(F)(F)COc1cc2ncc(I)n2cc1S(=O)(=O)C(C)(C)C. The van der Waals surface area contributed by atoms with Gasteiger partial charge in [-0.3, -0.25) is 4.40 Å². The van der Waals surface area contributed by atoms with Crippen LogP contribution in [0.15, 0.2) is 23.4 Å². The number of alkyl halides is 2. The first-order valence-corrected chi connectivity index (χ1v) is 11.9. The summed E-state index contributed by atoms with van der Waals surface area (Å²) in [5.74, 6) is -3.71. The van der Waals surface area contributed by atoms with Gasteiger partial charge in [0.15, 0.2) is 16.4 Å². The van der Waals surface area contributed by atoms with Gasteiger partial charge in [0.2, 0.25) is 0 Å². The van der Waals surface area contributed by atoms with Gasteiger partial charge in [-0.1, -0.05) is 0 Å². The molecule has 0 spiro atoms. The summed E-state index contributed by atoms with van der Waals surface area (Å²) < 4.78 is 65.9. The van der Waals surface area contributed by atoms with Crippen LogP contribution in [0.1, 0.15) is 41.5 Å². The van der Waals surface area contributed by atoms with E-state index < -0.39 is 45.4 Å². The lowest BCUT2D eigenvalue weighted by molar-refractivity contribution is -0.0415. The highest BCUT2D eigenvalue weighted by Gasteiger charge is 2.36. The number of amides is 1. The van der Waals surface area contributed by atoms with Gasteiger partial charge in [0.1, 0.15) is 25.6 Å². The number of alkyl carbamates (subject to hydrolysis) is 1. The largest absolute Gasteiger partial charge is 0.486 e. The lowest BCUT2D eigenvalue weighted by Gasteiger charge is -2.24. The van der Waals surface area contributed by atoms with Crippen molar-refractivity contribution in [2.24, 2.45) is 0 Å². The van der Waals surface area contributed by atoms with E-state index in [0.717, 1.165) is 0 Å². The van der Waals surface area contributed by atoms with Crippen LogP contribution < -0.4 is 10.1 Å². The van der Waals surface area contributed by atoms with Crippen LogP contribution in [0.25, 0.3) is 5.65 Å². The lowest BCUT2D eigenvalue weighted by Crippen LogP contribution is -2.42. The maximum atomic E-state index is 14.3. The number of nitrogens with zero attached hydrogens (tertiary/aromatic N) is 2. The Balaban J connectivity index is 2.28. The van der Waals surface area contributed by atoms with Crippen molar-refractivity contribution in [2.45, 2.75) is 62.7 Å². The van der Waals surface area contributed by atoms with Crippen LogP contribution in [0.4, 0.5) is 13.6 Å². The van der Waals surface area contributed by atoms with E-state index >= 15 is 0 Å². The number of hydrogen-bond donors (Lipinski definition) is 1. The Labute approximate surface area is 193 Å². The molecule has 0 saturated carbocycles. The fourth-order valence-electron chi connectivity index (χ4n) is 2.35. The van der Waals surface area contributed by atoms with E-state index in [-0.39, 0.29) is 10.6 Å². The predicted molar refractivity (Wildman–Crippen MR) is 120 cm³/mol. The van der Waals surface area contributed by atoms with Crippen LogP contribution >= 0.6 is 22.6 Å². The van der Waals surface area contributed by atoms with Crippen LogP contribution in [0.2, 0.25) is 0 Å². The molecular formula is C19H26F2IN3O5S. The topological polar surface area (TPSA) is 99.0 Å². The summed E-state index contributed by atoms with van der Waals surface area (Å²) in [6, 6.07) is 1.30. The molecule has 0 radical (unpaired) electrons. The summed E-state index contributed by atoms with van der Waals surface area (Å²) in [5, 5.41) is 1.99. The normalized spacial score (nSPS) is 13.3. The van der Waals surface area contributed by atoms with E-state index in [2.05, 4.69) is 4.98 Å². The van der Waals surface area contributed by atoms with Gasteiger partial charge in [0.05, 0.1) is 17.5 Å². The van der Waals surface area contributed by atoms with Crippen molar-refractivity contribution < 1.29 is 31.5 Å². The van der Waals surface area contributed by atoms with Crippen LogP contribution in [-0.4, -0.2) is 53.3 Å². The Morgan fingerprint density at radius 1 is 1.23 bits per heavy atom. The molecule has 0 aliphatic heterocycles. The highest BCUT2D eigenvalue weighted by atomic mass is 127. The summed E-state index contributed by atoms with van der Waals surface area (Å²) in [6.07, 6.45) is 1.85. The molecular weight excluding hydrogens is 547 g/mol. The van der Waals surface area contributed by atoms with Crippen molar-refractivity contribution in [3.05, 3.63) is 22.2 Å². The number of pyridine rings is 1. The minimum absolute atomic E-state index is 0.223. The first-order valence-electron chi connectivity index (χ1n) is 9.32. The van der Waals surface area contributed by atoms with Crippen molar-refractivity contribution in [3.63, 3.8) is 0 Å². The minimum atomic E-state index is -3.92. The summed E-state index contributed by atoms with van der Waals surface area (Å²) in [6.45, 7) is 7.17. The van der Waals surface area contributed by atoms with Crippen molar-refractivity contribution in [1.29, 1.82) is 0 Å². The second kappa shape index (κ2) is 8.68. The second-order valence-corrected chi connectivity index (χ2v) is 12.7. The van der Waals surface area contributed by atoms with Crippen LogP contribution in [0, 0.1) is 3.70 Å². The molecule has 0 fully saturated rings.